The van der Waals surface area contributed by atoms with E-state index in [-0.39, 0.29) is 0 Å². The Morgan fingerprint density at radius 1 is 0.975 bits per heavy atom. The van der Waals surface area contributed by atoms with E-state index in [1.54, 1.807) is 0 Å². The van der Waals surface area contributed by atoms with Gasteiger partial charge in [-0.25, -0.2) is 4.98 Å². The molecule has 0 bridgehead atoms. The molecule has 0 saturated carbocycles. The number of nitrogens with two attached hydrogens (primary N) is 1. The zero-order valence-corrected chi connectivity index (χ0v) is 22.5. The second-order valence-corrected chi connectivity index (χ2v) is 10.2. The number of benzene rings is 3. The molecule has 0 aliphatic carbocycles. The van der Waals surface area contributed by atoms with Crippen molar-refractivity contribution in [1.82, 2.24) is 20.2 Å². The molecule has 2 aliphatic heterocycles. The van der Waals surface area contributed by atoms with Crippen LogP contribution in [0, 0.1) is 6.92 Å². The van der Waals surface area contributed by atoms with Crippen LogP contribution in [0.1, 0.15) is 22.3 Å². The highest BCUT2D eigenvalue weighted by Gasteiger charge is 2.31. The van der Waals surface area contributed by atoms with Gasteiger partial charge in [0.25, 0.3) is 0 Å². The van der Waals surface area contributed by atoms with E-state index in [0.29, 0.717) is 17.6 Å². The fourth-order valence-corrected chi connectivity index (χ4v) is 5.63. The highest BCUT2D eigenvalue weighted by atomic mass is 35.5. The molecule has 4 heterocycles. The van der Waals surface area contributed by atoms with Crippen LogP contribution >= 0.6 is 11.6 Å². The van der Waals surface area contributed by atoms with Crippen molar-refractivity contribution in [2.45, 2.75) is 13.5 Å². The van der Waals surface area contributed by atoms with Crippen molar-refractivity contribution in [1.29, 1.82) is 0 Å². The Labute approximate surface area is 236 Å². The molecule has 5 aromatic rings. The minimum absolute atomic E-state index is 0.394. The number of anilines is 3. The molecule has 7 rings (SSSR count). The number of fused-ring (bicyclic) bond motifs is 4. The number of nitrogens with zero attached hydrogens (tertiary/aromatic N) is 6. The summed E-state index contributed by atoms with van der Waals surface area (Å²) in [4.78, 5) is 16.6. The summed E-state index contributed by atoms with van der Waals surface area (Å²) in [6, 6.07) is 22.0. The molecule has 0 atom stereocenters. The van der Waals surface area contributed by atoms with Crippen LogP contribution in [0.25, 0.3) is 33.7 Å². The summed E-state index contributed by atoms with van der Waals surface area (Å²) < 4.78 is 0. The van der Waals surface area contributed by atoms with Crippen molar-refractivity contribution in [3.05, 3.63) is 100 Å². The molecule has 9 heteroatoms. The molecule has 0 saturated heterocycles. The van der Waals surface area contributed by atoms with Crippen molar-refractivity contribution in [3.63, 3.8) is 0 Å². The molecule has 0 unspecified atom stereocenters. The van der Waals surface area contributed by atoms with E-state index in [1.807, 2.05) is 60.8 Å². The number of rotatable bonds is 5. The normalized spacial score (nSPS) is 14.0. The number of aliphatic imine (C=N–C) groups is 1. The molecule has 2 aromatic heterocycles. The van der Waals surface area contributed by atoms with E-state index in [2.05, 4.69) is 50.5 Å². The SMILES string of the molecule is Cc1cc(N)ccc1C1=Cc2cnc(NCc3ccccc3-c3nnc(Cl)c4ccccc34)nc2N2CCN=C12. The van der Waals surface area contributed by atoms with Gasteiger partial charge in [-0.1, -0.05) is 66.2 Å². The number of aryl methyl sites for hydroxylation is 1. The van der Waals surface area contributed by atoms with Crippen LogP contribution in [0.15, 0.2) is 77.9 Å². The quantitative estimate of drug-likeness (QED) is 0.261. The first kappa shape index (κ1) is 24.2. The highest BCUT2D eigenvalue weighted by molar-refractivity contribution is 6.36. The first-order valence-electron chi connectivity index (χ1n) is 13.1. The van der Waals surface area contributed by atoms with E-state index < -0.39 is 0 Å². The Kier molecular flexibility index (Phi) is 5.90. The van der Waals surface area contributed by atoms with Gasteiger partial charge < -0.3 is 16.0 Å². The van der Waals surface area contributed by atoms with Gasteiger partial charge in [-0.3, -0.25) is 4.99 Å². The Balaban J connectivity index is 1.21. The van der Waals surface area contributed by atoms with Gasteiger partial charge in [0.05, 0.1) is 6.54 Å². The van der Waals surface area contributed by atoms with Gasteiger partial charge in [-0.2, -0.15) is 4.98 Å². The summed E-state index contributed by atoms with van der Waals surface area (Å²) in [6.45, 7) is 4.08. The van der Waals surface area contributed by atoms with E-state index in [4.69, 9.17) is 27.3 Å². The maximum absolute atomic E-state index is 6.33. The Morgan fingerprint density at radius 3 is 2.67 bits per heavy atom. The lowest BCUT2D eigenvalue weighted by molar-refractivity contribution is 0.974. The molecule has 0 spiro atoms. The smallest absolute Gasteiger partial charge is 0.224 e. The van der Waals surface area contributed by atoms with Crippen molar-refractivity contribution >= 4 is 57.3 Å². The average molecular weight is 545 g/mol. The standard InChI is InChI=1S/C31H25ClN8/c1-18-14-21(33)10-11-22(18)26-15-20-17-36-31(37-29(20)40-13-12-34-30(26)40)35-16-19-6-2-3-7-23(19)27-24-8-4-5-9-25(24)28(32)39-38-27/h2-11,14-15,17H,12-13,16,33H2,1H3,(H,35,36,37). The number of nitrogens with one attached hydrogen (secondary N) is 1. The lowest BCUT2D eigenvalue weighted by atomic mass is 9.95. The third kappa shape index (κ3) is 4.13. The molecule has 196 valence electrons. The molecule has 40 heavy (non-hydrogen) atoms. The number of amidine groups is 1. The molecule has 0 fully saturated rings. The number of hydrogen-bond donors (Lipinski definition) is 2. The largest absolute Gasteiger partial charge is 0.399 e. The second kappa shape index (κ2) is 9.73. The van der Waals surface area contributed by atoms with Crippen LogP contribution in [0.4, 0.5) is 17.5 Å². The Morgan fingerprint density at radius 2 is 1.80 bits per heavy atom. The van der Waals surface area contributed by atoms with Gasteiger partial charge in [0.2, 0.25) is 5.95 Å². The number of halogens is 1. The average Bonchev–Trinajstić information content (AvgIpc) is 3.47. The van der Waals surface area contributed by atoms with Crippen LogP contribution in [-0.2, 0) is 6.54 Å². The molecule has 2 aliphatic rings. The summed E-state index contributed by atoms with van der Waals surface area (Å²) >= 11 is 6.33. The molecule has 3 N–H and O–H groups in total. The minimum Gasteiger partial charge on any atom is -0.399 e. The van der Waals surface area contributed by atoms with Crippen LogP contribution in [0.2, 0.25) is 5.15 Å². The fourth-order valence-electron chi connectivity index (χ4n) is 5.43. The van der Waals surface area contributed by atoms with Crippen LogP contribution < -0.4 is 16.0 Å². The van der Waals surface area contributed by atoms with Gasteiger partial charge in [-0.15, -0.1) is 10.2 Å². The zero-order chi connectivity index (χ0) is 27.2. The summed E-state index contributed by atoms with van der Waals surface area (Å²) in [5.41, 5.74) is 13.8. The Hall–Kier alpha value is -4.82. The first-order valence-corrected chi connectivity index (χ1v) is 13.5. The summed E-state index contributed by atoms with van der Waals surface area (Å²) in [5.74, 6) is 2.34. The van der Waals surface area contributed by atoms with Gasteiger partial charge >= 0.3 is 0 Å². The van der Waals surface area contributed by atoms with Crippen LogP contribution in [-0.4, -0.2) is 39.1 Å². The second-order valence-electron chi connectivity index (χ2n) is 9.86. The van der Waals surface area contributed by atoms with Crippen molar-refractivity contribution in [3.8, 4) is 11.3 Å². The minimum atomic E-state index is 0.394. The fraction of sp³-hybridized carbons (Fsp3) is 0.129. The molecular formula is C31H25ClN8. The summed E-state index contributed by atoms with van der Waals surface area (Å²) in [7, 11) is 0. The maximum Gasteiger partial charge on any atom is 0.224 e. The van der Waals surface area contributed by atoms with E-state index in [9.17, 15) is 0 Å². The third-order valence-electron chi connectivity index (χ3n) is 7.33. The van der Waals surface area contributed by atoms with Crippen molar-refractivity contribution < 1.29 is 0 Å². The Bertz CT molecular complexity index is 1860. The highest BCUT2D eigenvalue weighted by Crippen LogP contribution is 2.37. The number of hydrogen-bond acceptors (Lipinski definition) is 8. The lowest BCUT2D eigenvalue weighted by Gasteiger charge is -2.28. The van der Waals surface area contributed by atoms with Crippen molar-refractivity contribution in [2.24, 2.45) is 4.99 Å². The van der Waals surface area contributed by atoms with E-state index in [1.165, 1.54) is 0 Å². The molecule has 3 aromatic carbocycles. The molecule has 0 radical (unpaired) electrons. The maximum atomic E-state index is 6.33. The van der Waals surface area contributed by atoms with Crippen LogP contribution in [0.3, 0.4) is 0 Å². The van der Waals surface area contributed by atoms with E-state index in [0.717, 1.165) is 80.3 Å². The lowest BCUT2D eigenvalue weighted by Crippen LogP contribution is -2.32. The topological polar surface area (TPSA) is 105 Å². The summed E-state index contributed by atoms with van der Waals surface area (Å²) in [6.07, 6.45) is 3.99. The number of nitrogen functional groups attached to an aromatic ring is 1. The van der Waals surface area contributed by atoms with Gasteiger partial charge in [0.1, 0.15) is 17.3 Å². The number of aromatic nitrogens is 4. The zero-order valence-electron chi connectivity index (χ0n) is 21.8. The predicted octanol–water partition coefficient (Wildman–Crippen LogP) is 6.02. The van der Waals surface area contributed by atoms with Gasteiger partial charge in [0.15, 0.2) is 5.15 Å². The van der Waals surface area contributed by atoms with Gasteiger partial charge in [-0.05, 0) is 41.8 Å². The molecule has 0 amide bonds. The first-order chi connectivity index (χ1) is 19.6. The molecular weight excluding hydrogens is 520 g/mol. The van der Waals surface area contributed by atoms with E-state index >= 15 is 0 Å². The predicted molar refractivity (Wildman–Crippen MR) is 162 cm³/mol. The summed E-state index contributed by atoms with van der Waals surface area (Å²) in [5, 5.41) is 14.3. The van der Waals surface area contributed by atoms with Crippen molar-refractivity contribution in [2.75, 3.05) is 29.0 Å². The van der Waals surface area contributed by atoms with Crippen LogP contribution in [0.5, 0.6) is 0 Å². The van der Waals surface area contributed by atoms with Gasteiger partial charge in [0, 0.05) is 52.4 Å². The molecule has 8 nitrogen and oxygen atoms in total. The monoisotopic (exact) mass is 544 g/mol. The third-order valence-corrected chi connectivity index (χ3v) is 7.60.